The van der Waals surface area contributed by atoms with E-state index in [4.69, 9.17) is 0 Å². The van der Waals surface area contributed by atoms with Gasteiger partial charge in [-0.1, -0.05) is 18.2 Å². The average Bonchev–Trinajstić information content (AvgIpc) is 3.29. The molecule has 1 aromatic heterocycles. The fourth-order valence-corrected chi connectivity index (χ4v) is 5.34. The van der Waals surface area contributed by atoms with Crippen LogP contribution in [0.15, 0.2) is 58.2 Å². The Morgan fingerprint density at radius 2 is 1.91 bits per heavy atom. The second kappa shape index (κ2) is 9.19. The quantitative estimate of drug-likeness (QED) is 0.561. The van der Waals surface area contributed by atoms with Gasteiger partial charge in [-0.25, -0.2) is 13.4 Å². The highest BCUT2D eigenvalue weighted by molar-refractivity contribution is 7.89. The Hall–Kier alpha value is -3.08. The second-order valence-electron chi connectivity index (χ2n) is 7.89. The number of H-pyrrole nitrogens is 1. The van der Waals surface area contributed by atoms with Crippen LogP contribution in [-0.4, -0.2) is 60.2 Å². The zero-order chi connectivity index (χ0) is 22.7. The molecule has 3 aromatic rings. The van der Waals surface area contributed by atoms with Gasteiger partial charge in [0.1, 0.15) is 5.82 Å². The molecule has 0 aliphatic carbocycles. The molecular formula is C22H25N5O4S. The number of sulfonamides is 1. The molecule has 1 saturated heterocycles. The van der Waals surface area contributed by atoms with E-state index < -0.39 is 10.0 Å². The highest BCUT2D eigenvalue weighted by Gasteiger charge is 2.27. The molecule has 1 aliphatic rings. The SMILES string of the molecule is CN(CC(=O)Nc1cccc(S(=O)(=O)N2CCCC2)c1)Cc1nc2ccccc2c(=O)[nH]1. The van der Waals surface area contributed by atoms with Crippen molar-refractivity contribution >= 4 is 32.5 Å². The fourth-order valence-electron chi connectivity index (χ4n) is 3.78. The number of likely N-dealkylation sites (N-methyl/N-ethyl adjacent to an activating group) is 1. The number of carbonyl (C=O) groups is 1. The molecule has 168 valence electrons. The van der Waals surface area contributed by atoms with Gasteiger partial charge >= 0.3 is 0 Å². The maximum absolute atomic E-state index is 12.7. The number of hydrogen-bond acceptors (Lipinski definition) is 6. The average molecular weight is 456 g/mol. The molecule has 2 heterocycles. The zero-order valence-electron chi connectivity index (χ0n) is 17.7. The molecule has 0 radical (unpaired) electrons. The number of nitrogens with one attached hydrogen (secondary N) is 2. The van der Waals surface area contributed by atoms with Crippen molar-refractivity contribution in [2.45, 2.75) is 24.3 Å². The summed E-state index contributed by atoms with van der Waals surface area (Å²) in [5.74, 6) is 0.161. The highest BCUT2D eigenvalue weighted by Crippen LogP contribution is 2.23. The first-order valence-electron chi connectivity index (χ1n) is 10.4. The standard InChI is InChI=1S/C22H25N5O4S/c1-26(14-20-24-19-10-3-2-9-18(19)22(29)25-20)15-21(28)23-16-7-6-8-17(13-16)32(30,31)27-11-4-5-12-27/h2-3,6-10,13H,4-5,11-12,14-15H2,1H3,(H,23,28)(H,24,25,29). The van der Waals surface area contributed by atoms with Crippen molar-refractivity contribution in [3.63, 3.8) is 0 Å². The van der Waals surface area contributed by atoms with E-state index in [1.165, 1.54) is 16.4 Å². The largest absolute Gasteiger partial charge is 0.325 e. The maximum atomic E-state index is 12.7. The third kappa shape index (κ3) is 4.87. The Morgan fingerprint density at radius 1 is 1.16 bits per heavy atom. The lowest BCUT2D eigenvalue weighted by Gasteiger charge is -2.17. The van der Waals surface area contributed by atoms with E-state index in [1.54, 1.807) is 42.3 Å². The van der Waals surface area contributed by atoms with Crippen molar-refractivity contribution in [3.05, 3.63) is 64.7 Å². The van der Waals surface area contributed by atoms with Gasteiger partial charge in [-0.05, 0) is 50.2 Å². The normalized spacial score (nSPS) is 14.8. The Balaban J connectivity index is 1.40. The Labute approximate surface area is 186 Å². The van der Waals surface area contributed by atoms with E-state index in [2.05, 4.69) is 15.3 Å². The molecule has 0 unspecified atom stereocenters. The summed E-state index contributed by atoms with van der Waals surface area (Å²) in [7, 11) is -1.81. The summed E-state index contributed by atoms with van der Waals surface area (Å²) < 4.78 is 27.0. The number of rotatable bonds is 7. The fraction of sp³-hybridized carbons (Fsp3) is 0.318. The van der Waals surface area contributed by atoms with Crippen LogP contribution < -0.4 is 10.9 Å². The molecule has 32 heavy (non-hydrogen) atoms. The smallest absolute Gasteiger partial charge is 0.258 e. The van der Waals surface area contributed by atoms with Crippen molar-refractivity contribution in [1.29, 1.82) is 0 Å². The first kappa shape index (κ1) is 22.1. The minimum Gasteiger partial charge on any atom is -0.325 e. The van der Waals surface area contributed by atoms with Crippen LogP contribution in [0.2, 0.25) is 0 Å². The molecular weight excluding hydrogens is 430 g/mol. The number of hydrogen-bond donors (Lipinski definition) is 2. The van der Waals surface area contributed by atoms with E-state index in [1.807, 2.05) is 6.07 Å². The maximum Gasteiger partial charge on any atom is 0.258 e. The zero-order valence-corrected chi connectivity index (χ0v) is 18.6. The summed E-state index contributed by atoms with van der Waals surface area (Å²) in [4.78, 5) is 33.8. The van der Waals surface area contributed by atoms with Gasteiger partial charge in [-0.2, -0.15) is 4.31 Å². The number of aromatic nitrogens is 2. The summed E-state index contributed by atoms with van der Waals surface area (Å²) in [5, 5.41) is 3.26. The summed E-state index contributed by atoms with van der Waals surface area (Å²) >= 11 is 0. The lowest BCUT2D eigenvalue weighted by atomic mass is 10.2. The number of benzene rings is 2. The van der Waals surface area contributed by atoms with Crippen LogP contribution in [0.4, 0.5) is 5.69 Å². The Bertz CT molecular complexity index is 1300. The van der Waals surface area contributed by atoms with Gasteiger partial charge in [-0.15, -0.1) is 0 Å². The second-order valence-corrected chi connectivity index (χ2v) is 9.83. The monoisotopic (exact) mass is 455 g/mol. The van der Waals surface area contributed by atoms with Crippen molar-refractivity contribution < 1.29 is 13.2 Å². The molecule has 1 aliphatic heterocycles. The summed E-state index contributed by atoms with van der Waals surface area (Å²) in [5.41, 5.74) is 0.792. The Morgan fingerprint density at radius 3 is 2.69 bits per heavy atom. The van der Waals surface area contributed by atoms with E-state index in [0.29, 0.717) is 35.5 Å². The number of fused-ring (bicyclic) bond motifs is 1. The van der Waals surface area contributed by atoms with Crippen LogP contribution in [0.5, 0.6) is 0 Å². The molecule has 10 heteroatoms. The van der Waals surface area contributed by atoms with Crippen LogP contribution in [0, 0.1) is 0 Å². The van der Waals surface area contributed by atoms with Crippen LogP contribution >= 0.6 is 0 Å². The van der Waals surface area contributed by atoms with Gasteiger partial charge in [0.25, 0.3) is 5.56 Å². The molecule has 9 nitrogen and oxygen atoms in total. The summed E-state index contributed by atoms with van der Waals surface area (Å²) in [6.07, 6.45) is 1.72. The molecule has 1 fully saturated rings. The van der Waals surface area contributed by atoms with E-state index >= 15 is 0 Å². The van der Waals surface area contributed by atoms with Gasteiger partial charge in [0.2, 0.25) is 15.9 Å². The Kier molecular flexibility index (Phi) is 6.35. The molecule has 0 atom stereocenters. The minimum atomic E-state index is -3.55. The van der Waals surface area contributed by atoms with Crippen molar-refractivity contribution in [2.75, 3.05) is 32.0 Å². The predicted octanol–water partition coefficient (Wildman–Crippen LogP) is 1.78. The third-order valence-electron chi connectivity index (χ3n) is 5.32. The number of nitrogens with zero attached hydrogens (tertiary/aromatic N) is 3. The topological polar surface area (TPSA) is 115 Å². The van der Waals surface area contributed by atoms with Crippen LogP contribution in [0.1, 0.15) is 18.7 Å². The van der Waals surface area contributed by atoms with Gasteiger partial charge in [0.15, 0.2) is 0 Å². The van der Waals surface area contributed by atoms with Gasteiger partial charge in [0, 0.05) is 18.8 Å². The number of aromatic amines is 1. The number of carbonyl (C=O) groups excluding carboxylic acids is 1. The van der Waals surface area contributed by atoms with Crippen molar-refractivity contribution in [3.8, 4) is 0 Å². The molecule has 0 spiro atoms. The van der Waals surface area contributed by atoms with Crippen molar-refractivity contribution in [1.82, 2.24) is 19.2 Å². The van der Waals surface area contributed by atoms with Gasteiger partial charge in [0.05, 0.1) is 28.9 Å². The van der Waals surface area contributed by atoms with E-state index in [-0.39, 0.29) is 29.5 Å². The van der Waals surface area contributed by atoms with Crippen molar-refractivity contribution in [2.24, 2.45) is 0 Å². The number of anilines is 1. The number of amides is 1. The van der Waals surface area contributed by atoms with E-state index in [0.717, 1.165) is 12.8 Å². The minimum absolute atomic E-state index is 0.0413. The number of para-hydroxylation sites is 1. The lowest BCUT2D eigenvalue weighted by Crippen LogP contribution is -2.31. The highest BCUT2D eigenvalue weighted by atomic mass is 32.2. The van der Waals surface area contributed by atoms with Gasteiger partial charge < -0.3 is 10.3 Å². The van der Waals surface area contributed by atoms with Crippen LogP contribution in [0.25, 0.3) is 10.9 Å². The molecule has 2 N–H and O–H groups in total. The van der Waals surface area contributed by atoms with Gasteiger partial charge in [-0.3, -0.25) is 14.5 Å². The molecule has 4 rings (SSSR count). The molecule has 1 amide bonds. The molecule has 0 bridgehead atoms. The first-order chi connectivity index (χ1) is 15.3. The van der Waals surface area contributed by atoms with E-state index in [9.17, 15) is 18.0 Å². The first-order valence-corrected chi connectivity index (χ1v) is 11.8. The lowest BCUT2D eigenvalue weighted by molar-refractivity contribution is -0.117. The van der Waals surface area contributed by atoms with Crippen LogP contribution in [-0.2, 0) is 21.4 Å². The third-order valence-corrected chi connectivity index (χ3v) is 7.21. The predicted molar refractivity (Wildman–Crippen MR) is 122 cm³/mol. The van der Waals surface area contributed by atoms with Crippen LogP contribution in [0.3, 0.4) is 0 Å². The molecule has 0 saturated carbocycles. The summed E-state index contributed by atoms with van der Waals surface area (Å²) in [6, 6.07) is 13.4. The molecule has 2 aromatic carbocycles. The summed E-state index contributed by atoms with van der Waals surface area (Å²) in [6.45, 7) is 1.36.